The molecule has 0 atom stereocenters. The van der Waals surface area contributed by atoms with Gasteiger partial charge in [0.1, 0.15) is 17.2 Å². The summed E-state index contributed by atoms with van der Waals surface area (Å²) in [7, 11) is 0. The molecule has 0 amide bonds. The van der Waals surface area contributed by atoms with E-state index >= 15 is 0 Å². The van der Waals surface area contributed by atoms with Crippen LogP contribution in [0.1, 0.15) is 17.3 Å². The minimum atomic E-state index is -0.510. The number of nitrogens with zero attached hydrogens (tertiary/aromatic N) is 1. The lowest BCUT2D eigenvalue weighted by atomic mass is 10.2. The van der Waals surface area contributed by atoms with Gasteiger partial charge in [-0.3, -0.25) is 0 Å². The Hall–Kier alpha value is -2.14. The van der Waals surface area contributed by atoms with Gasteiger partial charge in [0, 0.05) is 11.9 Å². The van der Waals surface area contributed by atoms with Gasteiger partial charge in [-0.05, 0) is 37.3 Å². The molecule has 1 aromatic heterocycles. The number of ether oxygens (including phenoxy) is 1. The second-order valence-corrected chi connectivity index (χ2v) is 4.28. The quantitative estimate of drug-likeness (QED) is 0.872. The zero-order chi connectivity index (χ0) is 14.5. The third kappa shape index (κ3) is 3.24. The monoisotopic (exact) mass is 294 g/mol. The normalized spacial score (nSPS) is 10.2. The molecule has 0 fully saturated rings. The molecule has 4 nitrogen and oxygen atoms in total. The minimum Gasteiger partial charge on any atom is -0.462 e. The lowest BCUT2D eigenvalue weighted by molar-refractivity contribution is 0.0527. The average Bonchev–Trinajstić information content (AvgIpc) is 2.44. The first-order valence-corrected chi connectivity index (χ1v) is 6.34. The van der Waals surface area contributed by atoms with Crippen molar-refractivity contribution in [2.24, 2.45) is 0 Å². The van der Waals surface area contributed by atoms with Crippen molar-refractivity contribution in [1.82, 2.24) is 4.98 Å². The first-order chi connectivity index (χ1) is 9.61. The van der Waals surface area contributed by atoms with Crippen molar-refractivity contribution in [3.05, 3.63) is 52.9 Å². The van der Waals surface area contributed by atoms with Gasteiger partial charge in [-0.25, -0.2) is 14.2 Å². The summed E-state index contributed by atoms with van der Waals surface area (Å²) in [5.41, 5.74) is 0.829. The van der Waals surface area contributed by atoms with E-state index in [1.165, 1.54) is 24.4 Å². The van der Waals surface area contributed by atoms with Crippen molar-refractivity contribution in [2.45, 2.75) is 6.92 Å². The largest absolute Gasteiger partial charge is 0.462 e. The number of nitrogens with one attached hydrogen (secondary N) is 1. The van der Waals surface area contributed by atoms with E-state index in [-0.39, 0.29) is 11.6 Å². The molecule has 0 radical (unpaired) electrons. The standard InChI is InChI=1S/C14H12ClFN2O2/c1-2-20-14(19)10-4-3-7-17-13(10)18-9-5-6-12(16)11(15)8-9/h3-8H,2H2,1H3,(H,17,18). The Balaban J connectivity index is 2.29. The summed E-state index contributed by atoms with van der Waals surface area (Å²) in [6.07, 6.45) is 1.54. The number of hydrogen-bond acceptors (Lipinski definition) is 4. The maximum absolute atomic E-state index is 13.1. The summed E-state index contributed by atoms with van der Waals surface area (Å²) in [5.74, 6) is -0.659. The number of esters is 1. The van der Waals surface area contributed by atoms with Gasteiger partial charge in [0.15, 0.2) is 0 Å². The van der Waals surface area contributed by atoms with Crippen LogP contribution in [-0.2, 0) is 4.74 Å². The number of rotatable bonds is 4. The summed E-state index contributed by atoms with van der Waals surface area (Å²) in [6, 6.07) is 7.39. The van der Waals surface area contributed by atoms with Crippen LogP contribution >= 0.6 is 11.6 Å². The fraction of sp³-hybridized carbons (Fsp3) is 0.143. The highest BCUT2D eigenvalue weighted by molar-refractivity contribution is 6.31. The van der Waals surface area contributed by atoms with Crippen LogP contribution in [0.25, 0.3) is 0 Å². The second kappa shape index (κ2) is 6.34. The molecule has 0 saturated carbocycles. The van der Waals surface area contributed by atoms with Gasteiger partial charge in [0.2, 0.25) is 0 Å². The Morgan fingerprint density at radius 1 is 1.45 bits per heavy atom. The van der Waals surface area contributed by atoms with E-state index in [9.17, 15) is 9.18 Å². The second-order valence-electron chi connectivity index (χ2n) is 3.87. The smallest absolute Gasteiger partial charge is 0.341 e. The molecule has 2 aromatic rings. The third-order valence-corrected chi connectivity index (χ3v) is 2.78. The van der Waals surface area contributed by atoms with Gasteiger partial charge in [-0.1, -0.05) is 11.6 Å². The first-order valence-electron chi connectivity index (χ1n) is 5.96. The Morgan fingerprint density at radius 3 is 2.95 bits per heavy atom. The molecule has 20 heavy (non-hydrogen) atoms. The average molecular weight is 295 g/mol. The summed E-state index contributed by atoms with van der Waals surface area (Å²) < 4.78 is 18.0. The molecule has 2 rings (SSSR count). The van der Waals surface area contributed by atoms with Crippen LogP contribution in [-0.4, -0.2) is 17.6 Å². The van der Waals surface area contributed by atoms with E-state index < -0.39 is 11.8 Å². The summed E-state index contributed by atoms with van der Waals surface area (Å²) in [5, 5.41) is 2.91. The van der Waals surface area contributed by atoms with Gasteiger partial charge in [0.25, 0.3) is 0 Å². The number of benzene rings is 1. The van der Waals surface area contributed by atoms with Crippen molar-refractivity contribution < 1.29 is 13.9 Å². The Labute approximate surface area is 120 Å². The predicted molar refractivity (Wildman–Crippen MR) is 74.9 cm³/mol. The Bertz CT molecular complexity index is 634. The van der Waals surface area contributed by atoms with Gasteiger partial charge >= 0.3 is 5.97 Å². The molecule has 0 saturated heterocycles. The maximum Gasteiger partial charge on any atom is 0.341 e. The van der Waals surface area contributed by atoms with E-state index in [1.54, 1.807) is 19.1 Å². The number of hydrogen-bond donors (Lipinski definition) is 1. The topological polar surface area (TPSA) is 51.2 Å². The molecule has 0 unspecified atom stereocenters. The molecule has 1 aromatic carbocycles. The fourth-order valence-electron chi connectivity index (χ4n) is 1.59. The van der Waals surface area contributed by atoms with Crippen LogP contribution in [0, 0.1) is 5.82 Å². The van der Waals surface area contributed by atoms with Gasteiger partial charge in [-0.2, -0.15) is 0 Å². The van der Waals surface area contributed by atoms with Crippen LogP contribution in [0.2, 0.25) is 5.02 Å². The Kier molecular flexibility index (Phi) is 4.53. The molecule has 0 aliphatic rings. The lowest BCUT2D eigenvalue weighted by Gasteiger charge is -2.10. The molecule has 1 N–H and O–H groups in total. The fourth-order valence-corrected chi connectivity index (χ4v) is 1.77. The number of carbonyl (C=O) groups excluding carboxylic acids is 1. The Morgan fingerprint density at radius 2 is 2.25 bits per heavy atom. The number of anilines is 2. The number of halogens is 2. The molecular weight excluding hydrogens is 283 g/mol. The zero-order valence-corrected chi connectivity index (χ0v) is 11.4. The summed E-state index contributed by atoms with van der Waals surface area (Å²) in [6.45, 7) is 2.00. The molecule has 0 spiro atoms. The van der Waals surface area contributed by atoms with Crippen molar-refractivity contribution in [3.8, 4) is 0 Å². The SMILES string of the molecule is CCOC(=O)c1cccnc1Nc1ccc(F)c(Cl)c1. The van der Waals surface area contributed by atoms with E-state index in [4.69, 9.17) is 16.3 Å². The van der Waals surface area contributed by atoms with Gasteiger partial charge < -0.3 is 10.1 Å². The number of carbonyl (C=O) groups is 1. The highest BCUT2D eigenvalue weighted by Crippen LogP contribution is 2.23. The molecule has 6 heteroatoms. The van der Waals surface area contributed by atoms with Crippen LogP contribution in [0.5, 0.6) is 0 Å². The van der Waals surface area contributed by atoms with Crippen LogP contribution < -0.4 is 5.32 Å². The van der Waals surface area contributed by atoms with Crippen molar-refractivity contribution in [2.75, 3.05) is 11.9 Å². The summed E-state index contributed by atoms with van der Waals surface area (Å²) >= 11 is 5.71. The molecule has 0 aliphatic heterocycles. The van der Waals surface area contributed by atoms with Gasteiger partial charge in [-0.15, -0.1) is 0 Å². The van der Waals surface area contributed by atoms with E-state index in [0.29, 0.717) is 17.1 Å². The minimum absolute atomic E-state index is 0.0105. The molecule has 1 heterocycles. The van der Waals surface area contributed by atoms with E-state index in [1.807, 2.05) is 0 Å². The predicted octanol–water partition coefficient (Wildman–Crippen LogP) is 3.79. The van der Waals surface area contributed by atoms with Crippen molar-refractivity contribution in [1.29, 1.82) is 0 Å². The van der Waals surface area contributed by atoms with E-state index in [2.05, 4.69) is 10.3 Å². The summed E-state index contributed by atoms with van der Waals surface area (Å²) in [4.78, 5) is 15.9. The molecular formula is C14H12ClFN2O2. The molecule has 0 aliphatic carbocycles. The van der Waals surface area contributed by atoms with Crippen molar-refractivity contribution in [3.63, 3.8) is 0 Å². The third-order valence-electron chi connectivity index (χ3n) is 2.49. The number of pyridine rings is 1. The molecule has 0 bridgehead atoms. The highest BCUT2D eigenvalue weighted by Gasteiger charge is 2.13. The van der Waals surface area contributed by atoms with Gasteiger partial charge in [0.05, 0.1) is 11.6 Å². The van der Waals surface area contributed by atoms with Crippen molar-refractivity contribution >= 4 is 29.1 Å². The van der Waals surface area contributed by atoms with Crippen LogP contribution in [0.15, 0.2) is 36.5 Å². The first kappa shape index (κ1) is 14.3. The maximum atomic E-state index is 13.1. The molecule has 104 valence electrons. The van der Waals surface area contributed by atoms with E-state index in [0.717, 1.165) is 0 Å². The lowest BCUT2D eigenvalue weighted by Crippen LogP contribution is -2.09. The van der Waals surface area contributed by atoms with Crippen LogP contribution in [0.3, 0.4) is 0 Å². The zero-order valence-electron chi connectivity index (χ0n) is 10.7. The number of aromatic nitrogens is 1. The highest BCUT2D eigenvalue weighted by atomic mass is 35.5. The van der Waals surface area contributed by atoms with Crippen LogP contribution in [0.4, 0.5) is 15.9 Å².